The molecule has 2 aromatic heterocycles. The first-order valence-corrected chi connectivity index (χ1v) is 13.8. The minimum Gasteiger partial charge on any atom is -0.492 e. The zero-order chi connectivity index (χ0) is 27.3. The van der Waals surface area contributed by atoms with Crippen LogP contribution in [0.3, 0.4) is 0 Å². The minimum atomic E-state index is 0.00468. The Morgan fingerprint density at radius 1 is 1.07 bits per heavy atom. The number of aromatic nitrogens is 3. The van der Waals surface area contributed by atoms with Gasteiger partial charge < -0.3 is 29.0 Å². The lowest BCUT2D eigenvalue weighted by molar-refractivity contribution is 0.0261. The van der Waals surface area contributed by atoms with Crippen LogP contribution in [0.4, 0.5) is 11.5 Å². The Hall–Kier alpha value is -3.56. The lowest BCUT2D eigenvalue weighted by Gasteiger charge is -2.33. The summed E-state index contributed by atoms with van der Waals surface area (Å²) in [5.41, 5.74) is 1.20. The molecule has 0 spiro atoms. The first-order valence-electron chi connectivity index (χ1n) is 13.4. The summed E-state index contributed by atoms with van der Waals surface area (Å²) in [5.74, 6) is 5.37. The number of benzene rings is 1. The number of piperazine rings is 1. The number of nitrogens with one attached hydrogen (secondary N) is 1. The molecule has 40 heavy (non-hydrogen) atoms. The number of hydrogen-bond donors (Lipinski definition) is 1. The maximum atomic E-state index is 6.53. The second-order valence-corrected chi connectivity index (χ2v) is 10.2. The Morgan fingerprint density at radius 3 is 2.73 bits per heavy atom. The van der Waals surface area contributed by atoms with E-state index in [2.05, 4.69) is 36.0 Å². The van der Waals surface area contributed by atoms with Gasteiger partial charge in [-0.2, -0.15) is 0 Å². The normalized spacial score (nSPS) is 18.0. The molecule has 12 heteroatoms. The molecule has 2 fully saturated rings. The number of halogens is 1. The summed E-state index contributed by atoms with van der Waals surface area (Å²) >= 11 is 6.49. The van der Waals surface area contributed by atoms with E-state index in [0.29, 0.717) is 76.9 Å². The third kappa shape index (κ3) is 5.95. The van der Waals surface area contributed by atoms with Crippen LogP contribution in [0.25, 0.3) is 10.9 Å². The highest BCUT2D eigenvalue weighted by Gasteiger charge is 2.25. The fourth-order valence-corrected chi connectivity index (χ4v) is 5.22. The van der Waals surface area contributed by atoms with Crippen LogP contribution in [0.15, 0.2) is 24.7 Å². The zero-order valence-corrected chi connectivity index (χ0v) is 22.9. The average Bonchev–Trinajstić information content (AvgIpc) is 3.45. The molecule has 6 rings (SSSR count). The molecule has 3 aliphatic heterocycles. The van der Waals surface area contributed by atoms with E-state index in [-0.39, 0.29) is 12.9 Å². The summed E-state index contributed by atoms with van der Waals surface area (Å²) in [4.78, 5) is 17.9. The van der Waals surface area contributed by atoms with Crippen LogP contribution in [0.5, 0.6) is 23.1 Å². The molecule has 5 heterocycles. The standard InChI is InChI=1S/C28H31ClN6O5/c1-2-5-34-6-8-35(9-7-34)10-13-37-20-14-22-24(23(15-20)40-19-3-11-36-12-4-19)27(32-17-31-22)33-25-21(29)16-30-28-26(25)38-18-39-28/h1,14-17,19H,3-13,18H2,(H,30,31,32,33). The molecular formula is C28H31ClN6O5. The van der Waals surface area contributed by atoms with E-state index in [1.54, 1.807) is 0 Å². The topological polar surface area (TPSA) is 103 Å². The maximum absolute atomic E-state index is 6.53. The first kappa shape index (κ1) is 26.7. The van der Waals surface area contributed by atoms with Gasteiger partial charge in [0.2, 0.25) is 12.5 Å². The van der Waals surface area contributed by atoms with E-state index >= 15 is 0 Å². The number of ether oxygens (including phenoxy) is 5. The Bertz CT molecular complexity index is 1390. The van der Waals surface area contributed by atoms with E-state index in [1.165, 1.54) is 12.5 Å². The van der Waals surface area contributed by atoms with E-state index in [9.17, 15) is 0 Å². The SMILES string of the molecule is C#CCN1CCN(CCOc2cc(OC3CCOCC3)c3c(Nc4c(Cl)cnc5c4OCO5)ncnc3c2)CC1. The van der Waals surface area contributed by atoms with Crippen LogP contribution in [0, 0.1) is 12.3 Å². The molecular weight excluding hydrogens is 536 g/mol. The summed E-state index contributed by atoms with van der Waals surface area (Å²) in [6.07, 6.45) is 10.1. The predicted molar refractivity (Wildman–Crippen MR) is 150 cm³/mol. The van der Waals surface area contributed by atoms with Gasteiger partial charge in [0.05, 0.1) is 41.9 Å². The molecule has 0 amide bonds. The summed E-state index contributed by atoms with van der Waals surface area (Å²) in [6, 6.07) is 3.82. The van der Waals surface area contributed by atoms with Crippen molar-refractivity contribution in [1.82, 2.24) is 24.8 Å². The van der Waals surface area contributed by atoms with Gasteiger partial charge in [0, 0.05) is 57.7 Å². The average molecular weight is 567 g/mol. The Labute approximate surface area is 237 Å². The second kappa shape index (κ2) is 12.3. The lowest BCUT2D eigenvalue weighted by atomic mass is 10.1. The molecule has 0 atom stereocenters. The Morgan fingerprint density at radius 2 is 1.90 bits per heavy atom. The largest absolute Gasteiger partial charge is 0.492 e. The number of terminal acetylenes is 1. The zero-order valence-electron chi connectivity index (χ0n) is 22.1. The summed E-state index contributed by atoms with van der Waals surface area (Å²) in [7, 11) is 0. The van der Waals surface area contributed by atoms with Crippen LogP contribution in [-0.4, -0.2) is 96.7 Å². The van der Waals surface area contributed by atoms with Crippen molar-refractivity contribution >= 4 is 34.0 Å². The molecule has 11 nitrogen and oxygen atoms in total. The van der Waals surface area contributed by atoms with Crippen molar-refractivity contribution in [3.8, 4) is 35.5 Å². The van der Waals surface area contributed by atoms with Crippen LogP contribution >= 0.6 is 11.6 Å². The number of rotatable bonds is 9. The summed E-state index contributed by atoms with van der Waals surface area (Å²) in [5, 5.41) is 4.41. The van der Waals surface area contributed by atoms with Gasteiger partial charge in [0.25, 0.3) is 5.88 Å². The number of nitrogens with zero attached hydrogens (tertiary/aromatic N) is 5. The van der Waals surface area contributed by atoms with Gasteiger partial charge in [-0.15, -0.1) is 6.42 Å². The fourth-order valence-electron chi connectivity index (χ4n) is 5.04. The van der Waals surface area contributed by atoms with Crippen LogP contribution < -0.4 is 24.3 Å². The van der Waals surface area contributed by atoms with E-state index in [0.717, 1.165) is 45.6 Å². The van der Waals surface area contributed by atoms with Crippen molar-refractivity contribution < 1.29 is 23.7 Å². The highest BCUT2D eigenvalue weighted by atomic mass is 35.5. The van der Waals surface area contributed by atoms with E-state index in [1.807, 2.05) is 12.1 Å². The Balaban J connectivity index is 1.25. The molecule has 0 radical (unpaired) electrons. The second-order valence-electron chi connectivity index (χ2n) is 9.78. The monoisotopic (exact) mass is 566 g/mol. The van der Waals surface area contributed by atoms with Crippen LogP contribution in [-0.2, 0) is 4.74 Å². The quantitative estimate of drug-likeness (QED) is 0.386. The smallest absolute Gasteiger partial charge is 0.262 e. The summed E-state index contributed by atoms with van der Waals surface area (Å²) < 4.78 is 29.3. The molecule has 0 unspecified atom stereocenters. The van der Waals surface area contributed by atoms with Gasteiger partial charge in [-0.25, -0.2) is 15.0 Å². The molecule has 0 saturated carbocycles. The molecule has 3 aliphatic rings. The van der Waals surface area contributed by atoms with Crippen molar-refractivity contribution in [3.05, 3.63) is 29.7 Å². The lowest BCUT2D eigenvalue weighted by Crippen LogP contribution is -2.47. The number of hydrogen-bond acceptors (Lipinski definition) is 11. The van der Waals surface area contributed by atoms with Crippen molar-refractivity contribution in [2.45, 2.75) is 18.9 Å². The van der Waals surface area contributed by atoms with Gasteiger partial charge in [0.1, 0.15) is 42.0 Å². The number of fused-ring (bicyclic) bond motifs is 2. The molecule has 1 aromatic carbocycles. The van der Waals surface area contributed by atoms with E-state index in [4.69, 9.17) is 41.7 Å². The fraction of sp³-hybridized carbons (Fsp3) is 0.464. The van der Waals surface area contributed by atoms with Gasteiger partial charge in [-0.05, 0) is 0 Å². The highest BCUT2D eigenvalue weighted by molar-refractivity contribution is 6.33. The molecule has 2 saturated heterocycles. The maximum Gasteiger partial charge on any atom is 0.262 e. The molecule has 0 aliphatic carbocycles. The van der Waals surface area contributed by atoms with Crippen molar-refractivity contribution in [2.24, 2.45) is 0 Å². The van der Waals surface area contributed by atoms with Gasteiger partial charge in [0.15, 0.2) is 0 Å². The Kier molecular flexibility index (Phi) is 8.20. The first-order chi connectivity index (χ1) is 19.7. The van der Waals surface area contributed by atoms with Crippen molar-refractivity contribution in [1.29, 1.82) is 0 Å². The van der Waals surface area contributed by atoms with Crippen LogP contribution in [0.1, 0.15) is 12.8 Å². The van der Waals surface area contributed by atoms with Crippen molar-refractivity contribution in [3.63, 3.8) is 0 Å². The summed E-state index contributed by atoms with van der Waals surface area (Å²) in [6.45, 7) is 7.34. The molecule has 210 valence electrons. The van der Waals surface area contributed by atoms with Gasteiger partial charge in [-0.3, -0.25) is 9.80 Å². The third-order valence-electron chi connectivity index (χ3n) is 7.19. The number of pyridine rings is 1. The molecule has 3 aromatic rings. The van der Waals surface area contributed by atoms with Gasteiger partial charge in [-0.1, -0.05) is 17.5 Å². The minimum absolute atomic E-state index is 0.00468. The molecule has 1 N–H and O–H groups in total. The highest BCUT2D eigenvalue weighted by Crippen LogP contribution is 2.44. The number of anilines is 2. The van der Waals surface area contributed by atoms with E-state index < -0.39 is 0 Å². The van der Waals surface area contributed by atoms with Crippen LogP contribution in [0.2, 0.25) is 5.02 Å². The molecule has 0 bridgehead atoms. The predicted octanol–water partition coefficient (Wildman–Crippen LogP) is 3.34. The van der Waals surface area contributed by atoms with Crippen molar-refractivity contribution in [2.75, 3.05) is 71.2 Å². The van der Waals surface area contributed by atoms with Gasteiger partial charge >= 0.3 is 0 Å². The third-order valence-corrected chi connectivity index (χ3v) is 7.48.